The van der Waals surface area contributed by atoms with Crippen LogP contribution in [-0.4, -0.2) is 64.6 Å². The van der Waals surface area contributed by atoms with Crippen molar-refractivity contribution in [3.8, 4) is 0 Å². The zero-order valence-corrected chi connectivity index (χ0v) is 12.6. The molecule has 2 aliphatic rings. The van der Waals surface area contributed by atoms with E-state index in [2.05, 4.69) is 16.0 Å². The maximum atomic E-state index is 11.2. The highest BCUT2D eigenvalue weighted by atomic mass is 16.5. The summed E-state index contributed by atoms with van der Waals surface area (Å²) in [5, 5.41) is 18.0. The molecule has 3 rings (SSSR count). The molecule has 0 radical (unpaired) electrons. The van der Waals surface area contributed by atoms with Gasteiger partial charge >= 0.3 is 6.09 Å². The molecule has 0 aromatic carbocycles. The molecule has 0 bridgehead atoms. The molecule has 7 nitrogen and oxygen atoms in total. The minimum Gasteiger partial charge on any atom is -0.465 e. The maximum Gasteiger partial charge on any atom is 0.407 e. The van der Waals surface area contributed by atoms with E-state index in [9.17, 15) is 9.90 Å². The number of fused-ring (bicyclic) bond motifs is 3. The Kier molecular flexibility index (Phi) is 4.17. The molecule has 2 N–H and O–H groups in total. The molecule has 1 fully saturated rings. The van der Waals surface area contributed by atoms with Gasteiger partial charge in [-0.3, -0.25) is 0 Å². The van der Waals surface area contributed by atoms with Gasteiger partial charge in [0.25, 0.3) is 0 Å². The molecule has 0 spiro atoms. The molecule has 7 heteroatoms. The number of amides is 1. The fourth-order valence-corrected chi connectivity index (χ4v) is 3.36. The first-order valence-corrected chi connectivity index (χ1v) is 7.53. The molecule has 1 aromatic heterocycles. The number of aromatic nitrogens is 1. The Balaban J connectivity index is 1.78. The van der Waals surface area contributed by atoms with Gasteiger partial charge in [0, 0.05) is 19.1 Å². The molecule has 0 aliphatic carbocycles. The summed E-state index contributed by atoms with van der Waals surface area (Å²) >= 11 is 0. The van der Waals surface area contributed by atoms with Gasteiger partial charge < -0.3 is 24.7 Å². The van der Waals surface area contributed by atoms with Crippen molar-refractivity contribution in [3.63, 3.8) is 0 Å². The summed E-state index contributed by atoms with van der Waals surface area (Å²) in [6.45, 7) is 3.73. The number of carbonyl (C=O) groups is 1. The van der Waals surface area contributed by atoms with Crippen molar-refractivity contribution in [1.82, 2.24) is 9.88 Å². The van der Waals surface area contributed by atoms with Crippen LogP contribution in [0.3, 0.4) is 0 Å². The summed E-state index contributed by atoms with van der Waals surface area (Å²) in [6, 6.07) is 4.26. The van der Waals surface area contributed by atoms with Gasteiger partial charge in [-0.25, -0.2) is 9.78 Å². The minimum atomic E-state index is -0.853. The van der Waals surface area contributed by atoms with Gasteiger partial charge in [0.1, 0.15) is 5.82 Å². The molecule has 3 heterocycles. The molecule has 1 amide bonds. The minimum absolute atomic E-state index is 0.00119. The van der Waals surface area contributed by atoms with Crippen molar-refractivity contribution >= 4 is 11.9 Å². The highest BCUT2D eigenvalue weighted by molar-refractivity contribution is 5.67. The van der Waals surface area contributed by atoms with E-state index in [0.717, 1.165) is 23.5 Å². The Morgan fingerprint density at radius 2 is 2.27 bits per heavy atom. The quantitative estimate of drug-likeness (QED) is 0.797. The Morgan fingerprint density at radius 1 is 1.45 bits per heavy atom. The second-order valence-electron chi connectivity index (χ2n) is 5.86. The number of rotatable bonds is 4. The number of aliphatic hydroxyl groups excluding tert-OH is 1. The molecule has 2 atom stereocenters. The van der Waals surface area contributed by atoms with Crippen LogP contribution in [0.4, 0.5) is 10.6 Å². The third kappa shape index (κ3) is 2.74. The second-order valence-corrected chi connectivity index (χ2v) is 5.86. The zero-order chi connectivity index (χ0) is 15.7. The van der Waals surface area contributed by atoms with Crippen LogP contribution < -0.4 is 4.90 Å². The van der Waals surface area contributed by atoms with Crippen molar-refractivity contribution in [2.75, 3.05) is 31.2 Å². The lowest BCUT2D eigenvalue weighted by molar-refractivity contribution is 0.0797. The van der Waals surface area contributed by atoms with E-state index in [-0.39, 0.29) is 18.7 Å². The predicted octanol–water partition coefficient (Wildman–Crippen LogP) is 0.704. The molecule has 0 unspecified atom stereocenters. The molecular formula is C15H21N3O4. The lowest BCUT2D eigenvalue weighted by Gasteiger charge is -2.42. The average molecular weight is 307 g/mol. The largest absolute Gasteiger partial charge is 0.465 e. The summed E-state index contributed by atoms with van der Waals surface area (Å²) in [5.74, 6) is 0.952. The fraction of sp³-hybridized carbons (Fsp3) is 0.600. The highest BCUT2D eigenvalue weighted by Crippen LogP contribution is 2.35. The maximum absolute atomic E-state index is 11.2. The smallest absolute Gasteiger partial charge is 0.407 e. The third-order valence-corrected chi connectivity index (χ3v) is 4.25. The Hall–Kier alpha value is -1.86. The summed E-state index contributed by atoms with van der Waals surface area (Å²) in [5.41, 5.74) is 2.00. The van der Waals surface area contributed by atoms with Crippen LogP contribution in [0.5, 0.6) is 0 Å². The van der Waals surface area contributed by atoms with Gasteiger partial charge in [0.05, 0.1) is 31.6 Å². The van der Waals surface area contributed by atoms with E-state index in [1.54, 1.807) is 0 Å². The SMILES string of the molecule is C[C@@H]1CN(C(=O)O)C[C@H]2Cc3ccc(COCCO)nc3N21. The number of nitrogens with zero attached hydrogens (tertiary/aromatic N) is 3. The van der Waals surface area contributed by atoms with E-state index in [1.807, 2.05) is 13.0 Å². The highest BCUT2D eigenvalue weighted by Gasteiger charge is 2.40. The first-order valence-electron chi connectivity index (χ1n) is 7.53. The number of piperazine rings is 1. The average Bonchev–Trinajstić information content (AvgIpc) is 2.85. The number of carboxylic acid groups (broad SMARTS) is 1. The van der Waals surface area contributed by atoms with Crippen molar-refractivity contribution < 1.29 is 19.7 Å². The lowest BCUT2D eigenvalue weighted by Crippen LogP contribution is -2.58. The Morgan fingerprint density at radius 3 is 3.00 bits per heavy atom. The molecular weight excluding hydrogens is 286 g/mol. The normalized spacial score (nSPS) is 23.4. The number of ether oxygens (including phenoxy) is 1. The third-order valence-electron chi connectivity index (χ3n) is 4.25. The van der Waals surface area contributed by atoms with Gasteiger partial charge in [-0.15, -0.1) is 0 Å². The number of anilines is 1. The Labute approximate surface area is 129 Å². The number of hydrogen-bond donors (Lipinski definition) is 2. The van der Waals surface area contributed by atoms with Crippen LogP contribution in [0.2, 0.25) is 0 Å². The van der Waals surface area contributed by atoms with Gasteiger partial charge in [-0.05, 0) is 25.0 Å². The standard InChI is InChI=1S/C15H21N3O4/c1-10-7-17(15(20)21)8-13-6-11-2-3-12(9-22-5-4-19)16-14(11)18(10)13/h2-3,10,13,19H,4-9H2,1H3,(H,20,21)/t10-,13-/m1/s1. The number of aliphatic hydroxyl groups is 1. The summed E-state index contributed by atoms with van der Waals surface area (Å²) < 4.78 is 5.32. The molecule has 1 saturated heterocycles. The van der Waals surface area contributed by atoms with Crippen LogP contribution in [0.15, 0.2) is 12.1 Å². The summed E-state index contributed by atoms with van der Waals surface area (Å²) in [7, 11) is 0. The van der Waals surface area contributed by atoms with Crippen LogP contribution in [0.1, 0.15) is 18.2 Å². The van der Waals surface area contributed by atoms with E-state index < -0.39 is 6.09 Å². The van der Waals surface area contributed by atoms with E-state index in [1.165, 1.54) is 4.90 Å². The van der Waals surface area contributed by atoms with Crippen LogP contribution >= 0.6 is 0 Å². The molecule has 120 valence electrons. The first kappa shape index (κ1) is 15.1. The van der Waals surface area contributed by atoms with Crippen molar-refractivity contribution in [3.05, 3.63) is 23.4 Å². The van der Waals surface area contributed by atoms with Gasteiger partial charge in [-0.2, -0.15) is 0 Å². The number of hydrogen-bond acceptors (Lipinski definition) is 5. The molecule has 0 saturated carbocycles. The molecule has 22 heavy (non-hydrogen) atoms. The number of pyridine rings is 1. The summed E-state index contributed by atoms with van der Waals surface area (Å²) in [4.78, 5) is 19.6. The van der Waals surface area contributed by atoms with Gasteiger partial charge in [0.15, 0.2) is 0 Å². The van der Waals surface area contributed by atoms with E-state index in [0.29, 0.717) is 26.3 Å². The van der Waals surface area contributed by atoms with E-state index in [4.69, 9.17) is 9.84 Å². The first-order chi connectivity index (χ1) is 10.6. The van der Waals surface area contributed by atoms with Crippen molar-refractivity contribution in [1.29, 1.82) is 0 Å². The molecule has 1 aromatic rings. The zero-order valence-electron chi connectivity index (χ0n) is 12.6. The van der Waals surface area contributed by atoms with Gasteiger partial charge in [0.2, 0.25) is 0 Å². The Bertz CT molecular complexity index is 566. The lowest BCUT2D eigenvalue weighted by atomic mass is 10.1. The van der Waals surface area contributed by atoms with Crippen molar-refractivity contribution in [2.24, 2.45) is 0 Å². The van der Waals surface area contributed by atoms with Crippen LogP contribution in [0, 0.1) is 0 Å². The monoisotopic (exact) mass is 307 g/mol. The van der Waals surface area contributed by atoms with Crippen LogP contribution in [-0.2, 0) is 17.8 Å². The van der Waals surface area contributed by atoms with Crippen molar-refractivity contribution in [2.45, 2.75) is 32.0 Å². The fourth-order valence-electron chi connectivity index (χ4n) is 3.36. The van der Waals surface area contributed by atoms with E-state index >= 15 is 0 Å². The molecule has 2 aliphatic heterocycles. The topological polar surface area (TPSA) is 86.1 Å². The van der Waals surface area contributed by atoms with Crippen LogP contribution in [0.25, 0.3) is 0 Å². The second kappa shape index (κ2) is 6.10. The predicted molar refractivity (Wildman–Crippen MR) is 80.0 cm³/mol. The van der Waals surface area contributed by atoms with Gasteiger partial charge in [-0.1, -0.05) is 6.07 Å². The summed E-state index contributed by atoms with van der Waals surface area (Å²) in [6.07, 6.45) is -0.0256.